The zero-order valence-corrected chi connectivity index (χ0v) is 25.2. The Morgan fingerprint density at radius 1 is 1.12 bits per heavy atom. The number of pyridine rings is 1. The first-order chi connectivity index (χ1) is 19.7. The Hall–Kier alpha value is -2.75. The highest BCUT2D eigenvalue weighted by Crippen LogP contribution is 2.31. The number of anilines is 2. The standard InChI is InChI=1S/C27H32F2N6O4S2.ClH/c28-21-4-1-5-22(29)23(21)24(37)25-26(30)33-27(40-25)32-18-9-13-35(14-10-18)41(38,39)20-7-6-17(31-15-20)8-12-34-11-2-3-19(34)16-36;/h1,4-7,15,18-19,36H,2-3,8-14,16,30H2,(H,32,33);1H/t19-;/m0./s1. The van der Waals surface area contributed by atoms with Crippen molar-refractivity contribution in [2.45, 2.75) is 49.1 Å². The van der Waals surface area contributed by atoms with Crippen molar-refractivity contribution in [2.75, 3.05) is 43.8 Å². The highest BCUT2D eigenvalue weighted by molar-refractivity contribution is 7.89. The number of nitrogens with one attached hydrogen (secondary N) is 1. The minimum absolute atomic E-state index is 0. The molecule has 15 heteroatoms. The second-order valence-electron chi connectivity index (χ2n) is 10.2. The summed E-state index contributed by atoms with van der Waals surface area (Å²) in [6.45, 7) is 2.40. The number of hydrogen-bond acceptors (Lipinski definition) is 10. The van der Waals surface area contributed by atoms with E-state index in [-0.39, 0.29) is 59.8 Å². The monoisotopic (exact) mass is 642 g/mol. The summed E-state index contributed by atoms with van der Waals surface area (Å²) < 4.78 is 56.1. The smallest absolute Gasteiger partial charge is 0.244 e. The van der Waals surface area contributed by atoms with Crippen LogP contribution in [0.25, 0.3) is 0 Å². The zero-order valence-electron chi connectivity index (χ0n) is 22.7. The normalized spacial score (nSPS) is 18.6. The Labute approximate surface area is 253 Å². The van der Waals surface area contributed by atoms with E-state index in [0.29, 0.717) is 24.4 Å². The van der Waals surface area contributed by atoms with Crippen LogP contribution in [0.15, 0.2) is 41.4 Å². The number of ketones is 1. The number of sulfonamides is 1. The molecule has 0 bridgehead atoms. The summed E-state index contributed by atoms with van der Waals surface area (Å²) in [4.78, 5) is 23.6. The van der Waals surface area contributed by atoms with E-state index in [2.05, 4.69) is 20.2 Å². The van der Waals surface area contributed by atoms with Gasteiger partial charge in [0.05, 0.1) is 12.2 Å². The van der Waals surface area contributed by atoms with Crippen LogP contribution in [0.2, 0.25) is 0 Å². The molecule has 0 amide bonds. The zero-order chi connectivity index (χ0) is 29.1. The van der Waals surface area contributed by atoms with E-state index in [0.717, 1.165) is 55.1 Å². The van der Waals surface area contributed by atoms with E-state index in [4.69, 9.17) is 5.73 Å². The fraction of sp³-hybridized carbons (Fsp3) is 0.444. The van der Waals surface area contributed by atoms with Crippen LogP contribution in [0.5, 0.6) is 0 Å². The first-order valence-corrected chi connectivity index (χ1v) is 15.7. The Kier molecular flexibility index (Phi) is 10.5. The number of likely N-dealkylation sites (tertiary alicyclic amines) is 1. The van der Waals surface area contributed by atoms with Crippen LogP contribution in [0.3, 0.4) is 0 Å². The molecule has 42 heavy (non-hydrogen) atoms. The molecule has 0 spiro atoms. The number of aromatic nitrogens is 2. The molecule has 2 aliphatic rings. The van der Waals surface area contributed by atoms with Gasteiger partial charge in [-0.2, -0.15) is 4.31 Å². The van der Waals surface area contributed by atoms with Gasteiger partial charge < -0.3 is 16.2 Å². The topological polar surface area (TPSA) is 142 Å². The number of thiazole rings is 1. The number of carbonyl (C=O) groups is 1. The van der Waals surface area contributed by atoms with Gasteiger partial charge in [-0.15, -0.1) is 12.4 Å². The summed E-state index contributed by atoms with van der Waals surface area (Å²) in [5.41, 5.74) is 6.01. The van der Waals surface area contributed by atoms with E-state index in [1.807, 2.05) is 0 Å². The molecule has 2 fully saturated rings. The molecule has 3 aromatic rings. The number of benzene rings is 1. The Morgan fingerprint density at radius 2 is 1.83 bits per heavy atom. The third kappa shape index (κ3) is 6.90. The number of nitrogens with zero attached hydrogens (tertiary/aromatic N) is 4. The molecule has 2 saturated heterocycles. The van der Waals surface area contributed by atoms with E-state index in [9.17, 15) is 27.1 Å². The van der Waals surface area contributed by atoms with E-state index in [1.54, 1.807) is 12.1 Å². The fourth-order valence-corrected chi connectivity index (χ4v) is 7.64. The van der Waals surface area contributed by atoms with Crippen molar-refractivity contribution < 1.29 is 27.1 Å². The van der Waals surface area contributed by atoms with Gasteiger partial charge in [-0.25, -0.2) is 22.2 Å². The molecule has 0 unspecified atom stereocenters. The van der Waals surface area contributed by atoms with Gasteiger partial charge in [0.25, 0.3) is 0 Å². The molecule has 2 aliphatic heterocycles. The number of hydrogen-bond donors (Lipinski definition) is 3. The summed E-state index contributed by atoms with van der Waals surface area (Å²) in [6.07, 6.45) is 5.10. The molecule has 4 heterocycles. The average molecular weight is 643 g/mol. The molecule has 2 aromatic heterocycles. The second-order valence-corrected chi connectivity index (χ2v) is 13.2. The predicted octanol–water partition coefficient (Wildman–Crippen LogP) is 3.32. The number of aliphatic hydroxyl groups excluding tert-OH is 1. The van der Waals surface area contributed by atoms with Crippen molar-refractivity contribution in [3.63, 3.8) is 0 Å². The van der Waals surface area contributed by atoms with Gasteiger partial charge in [-0.3, -0.25) is 14.7 Å². The van der Waals surface area contributed by atoms with Crippen molar-refractivity contribution in [1.29, 1.82) is 0 Å². The average Bonchev–Trinajstić information content (AvgIpc) is 3.57. The van der Waals surface area contributed by atoms with Crippen molar-refractivity contribution >= 4 is 50.5 Å². The largest absolute Gasteiger partial charge is 0.395 e. The van der Waals surface area contributed by atoms with Gasteiger partial charge in [0, 0.05) is 50.0 Å². The summed E-state index contributed by atoms with van der Waals surface area (Å²) in [6, 6.07) is 6.56. The number of aliphatic hydroxyl groups is 1. The summed E-state index contributed by atoms with van der Waals surface area (Å²) in [7, 11) is -3.72. The third-order valence-electron chi connectivity index (χ3n) is 7.63. The van der Waals surface area contributed by atoms with Crippen LogP contribution in [-0.2, 0) is 16.4 Å². The molecule has 0 radical (unpaired) electrons. The second kappa shape index (κ2) is 13.7. The number of nitrogen functional groups attached to an aromatic ring is 1. The van der Waals surface area contributed by atoms with E-state index < -0.39 is 33.0 Å². The molecule has 0 aliphatic carbocycles. The summed E-state index contributed by atoms with van der Waals surface area (Å²) >= 11 is 0.906. The fourth-order valence-electron chi connectivity index (χ4n) is 5.31. The first kappa shape index (κ1) is 32.2. The highest BCUT2D eigenvalue weighted by atomic mass is 35.5. The lowest BCUT2D eigenvalue weighted by Crippen LogP contribution is -2.42. The van der Waals surface area contributed by atoms with Gasteiger partial charge in [0.15, 0.2) is 5.13 Å². The lowest BCUT2D eigenvalue weighted by Gasteiger charge is -2.31. The molecular weight excluding hydrogens is 610 g/mol. The van der Waals surface area contributed by atoms with Crippen LogP contribution in [0.4, 0.5) is 19.7 Å². The first-order valence-electron chi connectivity index (χ1n) is 13.5. The highest BCUT2D eigenvalue weighted by Gasteiger charge is 2.31. The molecule has 4 N–H and O–H groups in total. The van der Waals surface area contributed by atoms with Crippen LogP contribution in [0, 0.1) is 11.6 Å². The number of piperidine rings is 1. The summed E-state index contributed by atoms with van der Waals surface area (Å²) in [5.74, 6) is -2.97. The molecule has 5 rings (SSSR count). The predicted molar refractivity (Wildman–Crippen MR) is 159 cm³/mol. The van der Waals surface area contributed by atoms with E-state index >= 15 is 0 Å². The number of halogens is 3. The van der Waals surface area contributed by atoms with Crippen molar-refractivity contribution in [2.24, 2.45) is 0 Å². The Bertz CT molecular complexity index is 1480. The molecule has 1 aromatic carbocycles. The molecule has 1 atom stereocenters. The third-order valence-corrected chi connectivity index (χ3v) is 10.5. The number of carbonyl (C=O) groups excluding carboxylic acids is 1. The Morgan fingerprint density at radius 3 is 2.48 bits per heavy atom. The lowest BCUT2D eigenvalue weighted by molar-refractivity contribution is 0.103. The molecule has 228 valence electrons. The van der Waals surface area contributed by atoms with Crippen molar-refractivity contribution in [3.05, 3.63) is 64.3 Å². The lowest BCUT2D eigenvalue weighted by atomic mass is 10.1. The summed E-state index contributed by atoms with van der Waals surface area (Å²) in [5, 5.41) is 13.0. The molecule has 0 saturated carbocycles. The Balaban J connectivity index is 0.00000405. The minimum Gasteiger partial charge on any atom is -0.395 e. The maximum Gasteiger partial charge on any atom is 0.244 e. The van der Waals surface area contributed by atoms with Crippen LogP contribution < -0.4 is 11.1 Å². The maximum atomic E-state index is 14.1. The van der Waals surface area contributed by atoms with Gasteiger partial charge in [0.1, 0.15) is 27.2 Å². The number of rotatable bonds is 10. The molecular formula is C27H33ClF2N6O4S2. The van der Waals surface area contributed by atoms with E-state index in [1.165, 1.54) is 16.6 Å². The van der Waals surface area contributed by atoms with Gasteiger partial charge in [-0.05, 0) is 56.5 Å². The minimum atomic E-state index is -3.72. The van der Waals surface area contributed by atoms with Gasteiger partial charge in [-0.1, -0.05) is 17.4 Å². The van der Waals surface area contributed by atoms with Gasteiger partial charge in [0.2, 0.25) is 15.8 Å². The SMILES string of the molecule is Cl.Nc1nc(NC2CCN(S(=O)(=O)c3ccc(CCN4CCC[C@H]4CO)nc3)CC2)sc1C(=O)c1c(F)cccc1F. The number of nitrogens with two attached hydrogens (primary N) is 1. The quantitative estimate of drug-likeness (QED) is 0.284. The van der Waals surface area contributed by atoms with Crippen LogP contribution in [0.1, 0.15) is 46.6 Å². The van der Waals surface area contributed by atoms with Crippen molar-refractivity contribution in [1.82, 2.24) is 19.2 Å². The molecule has 10 nitrogen and oxygen atoms in total. The van der Waals surface area contributed by atoms with Crippen molar-refractivity contribution in [3.8, 4) is 0 Å². The maximum absolute atomic E-state index is 14.1. The van der Waals surface area contributed by atoms with Crippen LogP contribution in [-0.4, -0.2) is 83.4 Å². The van der Waals surface area contributed by atoms with Crippen LogP contribution >= 0.6 is 23.7 Å². The van der Waals surface area contributed by atoms with Gasteiger partial charge >= 0.3 is 0 Å².